The molecule has 12 heteroatoms. The van der Waals surface area contributed by atoms with Gasteiger partial charge in [-0.15, -0.1) is 0 Å². The van der Waals surface area contributed by atoms with E-state index >= 15 is 0 Å². The van der Waals surface area contributed by atoms with Crippen LogP contribution < -0.4 is 5.32 Å². The summed E-state index contributed by atoms with van der Waals surface area (Å²) in [6.07, 6.45) is 4.99. The average Bonchev–Trinajstić information content (AvgIpc) is 2.94. The standard InChI is InChI=1S/C31H46F3N5O3S/c1-9-21(5)24(19-40)11-12-26(20(3)4)28(22(6)10-2)35-17-23(7)29-27(31(32,33)34)18-36-30(38-29)37-25-13-15-39(16-14-25)43(8,41)42/h11-12,17-18,22,25,40H,9-10,13-16,19H2,1-8H3,(H,36,37,38)/b12-11-,23-17+,24-21-,35-28+. The molecule has 2 heterocycles. The molecule has 0 saturated carbocycles. The molecule has 1 atom stereocenters. The summed E-state index contributed by atoms with van der Waals surface area (Å²) < 4.78 is 67.0. The molecule has 0 aliphatic carbocycles. The summed E-state index contributed by atoms with van der Waals surface area (Å²) in [6, 6.07) is -0.178. The SMILES string of the molecule is CC/C(C)=C(/C=C\C(=C(C)C)/C(=N/C=C(\C)c1nc(NC2CCN(S(C)(=O)=O)CC2)ncc1C(F)(F)F)C(C)CC)CO. The second-order valence-corrected chi connectivity index (χ2v) is 13.2. The number of aliphatic hydroxyl groups is 1. The molecule has 240 valence electrons. The molecule has 8 nitrogen and oxygen atoms in total. The number of rotatable bonds is 12. The van der Waals surface area contributed by atoms with Crippen LogP contribution in [0.1, 0.15) is 85.4 Å². The van der Waals surface area contributed by atoms with Crippen molar-refractivity contribution in [2.75, 3.05) is 31.3 Å². The third-order valence-corrected chi connectivity index (χ3v) is 9.02. The van der Waals surface area contributed by atoms with E-state index in [1.165, 1.54) is 10.5 Å². The number of aliphatic imine (C=N–C) groups is 1. The van der Waals surface area contributed by atoms with Crippen molar-refractivity contribution in [3.63, 3.8) is 0 Å². The number of hydrogen-bond donors (Lipinski definition) is 2. The molecule has 1 unspecified atom stereocenters. The molecule has 0 radical (unpaired) electrons. The molecular formula is C31H46F3N5O3S. The highest BCUT2D eigenvalue weighted by Crippen LogP contribution is 2.34. The van der Waals surface area contributed by atoms with Gasteiger partial charge in [0.15, 0.2) is 0 Å². The minimum absolute atomic E-state index is 0.00921. The van der Waals surface area contributed by atoms with Crippen molar-refractivity contribution in [3.05, 3.63) is 58.1 Å². The predicted molar refractivity (Wildman–Crippen MR) is 168 cm³/mol. The molecule has 43 heavy (non-hydrogen) atoms. The Hall–Kier alpha value is -2.83. The lowest BCUT2D eigenvalue weighted by Crippen LogP contribution is -2.42. The number of aliphatic hydroxyl groups excluding tert-OH is 1. The number of aromatic nitrogens is 2. The van der Waals surface area contributed by atoms with E-state index in [1.807, 2.05) is 53.7 Å². The van der Waals surface area contributed by atoms with Crippen molar-refractivity contribution < 1.29 is 26.7 Å². The number of alkyl halides is 3. The van der Waals surface area contributed by atoms with Crippen LogP contribution >= 0.6 is 0 Å². The largest absolute Gasteiger partial charge is 0.419 e. The van der Waals surface area contributed by atoms with Gasteiger partial charge in [-0.2, -0.15) is 13.2 Å². The van der Waals surface area contributed by atoms with E-state index in [0.29, 0.717) is 25.9 Å². The Kier molecular flexibility index (Phi) is 13.3. The molecule has 1 aliphatic heterocycles. The van der Waals surface area contributed by atoms with Gasteiger partial charge in [-0.25, -0.2) is 22.7 Å². The Morgan fingerprint density at radius 1 is 1.19 bits per heavy atom. The van der Waals surface area contributed by atoms with Crippen LogP contribution in [-0.4, -0.2) is 65.5 Å². The monoisotopic (exact) mass is 625 g/mol. The lowest BCUT2D eigenvalue weighted by Gasteiger charge is -2.30. The number of halogens is 3. The Morgan fingerprint density at radius 2 is 1.81 bits per heavy atom. The second-order valence-electron chi connectivity index (χ2n) is 11.2. The zero-order valence-corrected chi connectivity index (χ0v) is 27.3. The number of nitrogens with zero attached hydrogens (tertiary/aromatic N) is 4. The highest BCUT2D eigenvalue weighted by molar-refractivity contribution is 7.88. The van der Waals surface area contributed by atoms with Crippen molar-refractivity contribution in [1.82, 2.24) is 14.3 Å². The smallest absolute Gasteiger partial charge is 0.392 e. The first-order valence-corrected chi connectivity index (χ1v) is 16.4. The maximum absolute atomic E-state index is 14.0. The van der Waals surface area contributed by atoms with Crippen molar-refractivity contribution in [3.8, 4) is 0 Å². The molecule has 2 N–H and O–H groups in total. The highest BCUT2D eigenvalue weighted by Gasteiger charge is 2.36. The quantitative estimate of drug-likeness (QED) is 0.196. The number of sulfonamides is 1. The summed E-state index contributed by atoms with van der Waals surface area (Å²) in [5.41, 5.74) is 3.43. The van der Waals surface area contributed by atoms with Gasteiger partial charge >= 0.3 is 6.18 Å². The predicted octanol–water partition coefficient (Wildman–Crippen LogP) is 6.79. The van der Waals surface area contributed by atoms with E-state index in [4.69, 9.17) is 4.99 Å². The maximum atomic E-state index is 14.0. The first kappa shape index (κ1) is 36.4. The minimum Gasteiger partial charge on any atom is -0.392 e. The normalized spacial score (nSPS) is 17.7. The summed E-state index contributed by atoms with van der Waals surface area (Å²) in [4.78, 5) is 12.9. The topological polar surface area (TPSA) is 108 Å². The third-order valence-electron chi connectivity index (χ3n) is 7.71. The first-order chi connectivity index (χ1) is 20.0. The first-order valence-electron chi connectivity index (χ1n) is 14.6. The average molecular weight is 626 g/mol. The highest BCUT2D eigenvalue weighted by atomic mass is 32.2. The molecule has 1 aromatic heterocycles. The van der Waals surface area contributed by atoms with Crippen LogP contribution in [0.15, 0.2) is 51.8 Å². The summed E-state index contributed by atoms with van der Waals surface area (Å²) in [7, 11) is -3.30. The van der Waals surface area contributed by atoms with Gasteiger partial charge < -0.3 is 10.4 Å². The maximum Gasteiger partial charge on any atom is 0.419 e. The Morgan fingerprint density at radius 3 is 2.30 bits per heavy atom. The van der Waals surface area contributed by atoms with Gasteiger partial charge in [-0.05, 0) is 76.0 Å². The summed E-state index contributed by atoms with van der Waals surface area (Å²) in [5.74, 6) is 0.0529. The zero-order chi connectivity index (χ0) is 32.5. The summed E-state index contributed by atoms with van der Waals surface area (Å²) in [6.45, 7) is 14.0. The molecule has 1 fully saturated rings. The molecule has 1 saturated heterocycles. The lowest BCUT2D eigenvalue weighted by molar-refractivity contribution is -0.138. The van der Waals surface area contributed by atoms with Gasteiger partial charge in [0, 0.05) is 31.5 Å². The molecule has 1 aliphatic rings. The van der Waals surface area contributed by atoms with Crippen molar-refractivity contribution in [1.29, 1.82) is 0 Å². The number of allylic oxidation sites excluding steroid dienone is 5. The van der Waals surface area contributed by atoms with E-state index in [0.717, 1.165) is 53.3 Å². The fraction of sp³-hybridized carbons (Fsp3) is 0.581. The fourth-order valence-corrected chi connectivity index (χ4v) is 5.48. The van der Waals surface area contributed by atoms with Crippen LogP contribution in [0.4, 0.5) is 19.1 Å². The van der Waals surface area contributed by atoms with Crippen molar-refractivity contribution in [2.24, 2.45) is 10.9 Å². The zero-order valence-electron chi connectivity index (χ0n) is 26.5. The van der Waals surface area contributed by atoms with Gasteiger partial charge in [-0.3, -0.25) is 4.99 Å². The van der Waals surface area contributed by atoms with Crippen LogP contribution in [-0.2, 0) is 16.2 Å². The number of hydrogen-bond acceptors (Lipinski definition) is 7. The van der Waals surface area contributed by atoms with Crippen LogP contribution in [0.2, 0.25) is 0 Å². The van der Waals surface area contributed by atoms with E-state index in [2.05, 4.69) is 15.3 Å². The second kappa shape index (κ2) is 15.8. The van der Waals surface area contributed by atoms with Crippen molar-refractivity contribution >= 4 is 27.3 Å². The molecule has 1 aromatic rings. The van der Waals surface area contributed by atoms with Gasteiger partial charge in [-0.1, -0.05) is 44.1 Å². The molecule has 0 bridgehead atoms. The van der Waals surface area contributed by atoms with Crippen LogP contribution in [0.3, 0.4) is 0 Å². The van der Waals surface area contributed by atoms with Gasteiger partial charge in [0.25, 0.3) is 0 Å². The van der Waals surface area contributed by atoms with Crippen LogP contribution in [0.25, 0.3) is 5.57 Å². The van der Waals surface area contributed by atoms with Gasteiger partial charge in [0.2, 0.25) is 16.0 Å². The minimum atomic E-state index is -4.68. The number of piperidine rings is 1. The van der Waals surface area contributed by atoms with E-state index < -0.39 is 21.8 Å². The van der Waals surface area contributed by atoms with Gasteiger partial charge in [0.05, 0.1) is 29.8 Å². The molecule has 0 aromatic carbocycles. The molecule has 2 rings (SSSR count). The van der Waals surface area contributed by atoms with Crippen LogP contribution in [0.5, 0.6) is 0 Å². The fourth-order valence-electron chi connectivity index (χ4n) is 4.61. The molecular weight excluding hydrogens is 579 g/mol. The molecule has 0 amide bonds. The number of anilines is 1. The Balaban J connectivity index is 2.51. The number of nitrogens with one attached hydrogen (secondary N) is 1. The van der Waals surface area contributed by atoms with E-state index in [1.54, 1.807) is 6.92 Å². The Bertz CT molecular complexity index is 1380. The summed E-state index contributed by atoms with van der Waals surface area (Å²) >= 11 is 0. The third kappa shape index (κ3) is 10.4. The van der Waals surface area contributed by atoms with Crippen LogP contribution in [0, 0.1) is 5.92 Å². The van der Waals surface area contributed by atoms with Gasteiger partial charge in [0.1, 0.15) is 0 Å². The Labute approximate surface area is 254 Å². The van der Waals surface area contributed by atoms with E-state index in [9.17, 15) is 26.7 Å². The molecule has 0 spiro atoms. The summed E-state index contributed by atoms with van der Waals surface area (Å²) in [5, 5.41) is 12.9. The van der Waals surface area contributed by atoms with Crippen molar-refractivity contribution in [2.45, 2.75) is 86.4 Å². The van der Waals surface area contributed by atoms with E-state index in [-0.39, 0.29) is 35.8 Å². The lowest BCUT2D eigenvalue weighted by atomic mass is 9.92.